The van der Waals surface area contributed by atoms with Crippen molar-refractivity contribution in [2.75, 3.05) is 0 Å². The molecule has 1 aliphatic rings. The predicted molar refractivity (Wildman–Crippen MR) is 40.6 cm³/mol. The molecular weight excluding hydrogens is 126 g/mol. The Hall–Kier alpha value is -0.530. The number of hydrogen-bond donors (Lipinski definition) is 1. The lowest BCUT2D eigenvalue weighted by atomic mass is 9.95. The molecule has 0 aliphatic carbocycles. The minimum atomic E-state index is 0.227. The highest BCUT2D eigenvalue weighted by atomic mass is 16.1. The Morgan fingerprint density at radius 3 is 2.70 bits per heavy atom. The Morgan fingerprint density at radius 1 is 1.60 bits per heavy atom. The first-order chi connectivity index (χ1) is 4.70. The molecule has 1 saturated heterocycles. The topological polar surface area (TPSA) is 29.1 Å². The van der Waals surface area contributed by atoms with Crippen LogP contribution >= 0.6 is 0 Å². The van der Waals surface area contributed by atoms with Crippen molar-refractivity contribution in [2.24, 2.45) is 5.92 Å². The highest BCUT2D eigenvalue weighted by molar-refractivity contribution is 5.76. The Bertz CT molecular complexity index is 131. The molecule has 2 nitrogen and oxygen atoms in total. The first kappa shape index (κ1) is 7.58. The zero-order chi connectivity index (χ0) is 7.56. The highest BCUT2D eigenvalue weighted by Crippen LogP contribution is 2.14. The van der Waals surface area contributed by atoms with Crippen LogP contribution < -0.4 is 5.32 Å². The van der Waals surface area contributed by atoms with Gasteiger partial charge in [-0.05, 0) is 18.8 Å². The minimum Gasteiger partial charge on any atom is -0.353 e. The van der Waals surface area contributed by atoms with Gasteiger partial charge in [0.05, 0.1) is 0 Å². The van der Waals surface area contributed by atoms with Crippen LogP contribution in [0.15, 0.2) is 0 Å². The summed E-state index contributed by atoms with van der Waals surface area (Å²) in [5.74, 6) is 0.814. The van der Waals surface area contributed by atoms with Gasteiger partial charge in [0.1, 0.15) is 0 Å². The van der Waals surface area contributed by atoms with Gasteiger partial charge in [-0.15, -0.1) is 0 Å². The van der Waals surface area contributed by atoms with Crippen LogP contribution in [0.3, 0.4) is 0 Å². The molecule has 0 spiro atoms. The quantitative estimate of drug-likeness (QED) is 0.586. The second-order valence-corrected chi connectivity index (χ2v) is 3.31. The van der Waals surface area contributed by atoms with Crippen molar-refractivity contribution in [1.29, 1.82) is 0 Å². The molecule has 0 aromatic rings. The maximum absolute atomic E-state index is 10.9. The molecule has 0 saturated carbocycles. The van der Waals surface area contributed by atoms with E-state index in [9.17, 15) is 4.79 Å². The molecule has 0 aromatic carbocycles. The lowest BCUT2D eigenvalue weighted by Gasteiger charge is -2.26. The van der Waals surface area contributed by atoms with E-state index in [1.807, 2.05) is 0 Å². The third-order valence-corrected chi connectivity index (χ3v) is 2.07. The van der Waals surface area contributed by atoms with Gasteiger partial charge in [0, 0.05) is 12.5 Å². The first-order valence-electron chi connectivity index (χ1n) is 3.99. The number of nitrogens with one attached hydrogen (secondary N) is 1. The molecule has 0 bridgehead atoms. The molecule has 0 radical (unpaired) electrons. The lowest BCUT2D eigenvalue weighted by molar-refractivity contribution is -0.123. The summed E-state index contributed by atoms with van der Waals surface area (Å²) in [5.41, 5.74) is 0. The van der Waals surface area contributed by atoms with E-state index in [1.54, 1.807) is 0 Å². The molecule has 10 heavy (non-hydrogen) atoms. The van der Waals surface area contributed by atoms with Crippen LogP contribution in [0.1, 0.15) is 33.1 Å². The van der Waals surface area contributed by atoms with E-state index < -0.39 is 0 Å². The van der Waals surface area contributed by atoms with Gasteiger partial charge in [-0.25, -0.2) is 0 Å². The lowest BCUT2D eigenvalue weighted by Crippen LogP contribution is -2.41. The number of carbonyl (C=O) groups excluding carboxylic acids is 1. The largest absolute Gasteiger partial charge is 0.353 e. The van der Waals surface area contributed by atoms with Gasteiger partial charge in [-0.1, -0.05) is 13.8 Å². The summed E-state index contributed by atoms with van der Waals surface area (Å²) >= 11 is 0. The van der Waals surface area contributed by atoms with Gasteiger partial charge >= 0.3 is 0 Å². The smallest absolute Gasteiger partial charge is 0.220 e. The van der Waals surface area contributed by atoms with Crippen molar-refractivity contribution in [2.45, 2.75) is 39.2 Å². The molecule has 1 atom stereocenters. The number of hydrogen-bond acceptors (Lipinski definition) is 1. The van der Waals surface area contributed by atoms with E-state index >= 15 is 0 Å². The minimum absolute atomic E-state index is 0.227. The van der Waals surface area contributed by atoms with Crippen molar-refractivity contribution >= 4 is 5.91 Å². The van der Waals surface area contributed by atoms with E-state index in [-0.39, 0.29) is 5.91 Å². The fourth-order valence-corrected chi connectivity index (χ4v) is 1.33. The second kappa shape index (κ2) is 3.04. The zero-order valence-electron chi connectivity index (χ0n) is 6.68. The van der Waals surface area contributed by atoms with Crippen LogP contribution in [0.25, 0.3) is 0 Å². The number of piperidine rings is 1. The Morgan fingerprint density at radius 2 is 2.30 bits per heavy atom. The van der Waals surface area contributed by atoms with Crippen molar-refractivity contribution in [1.82, 2.24) is 5.32 Å². The summed E-state index contributed by atoms with van der Waals surface area (Å²) in [7, 11) is 0. The van der Waals surface area contributed by atoms with Crippen LogP contribution in [0, 0.1) is 5.92 Å². The molecular formula is C8H15NO. The molecule has 0 aromatic heterocycles. The van der Waals surface area contributed by atoms with Crippen molar-refractivity contribution in [3.63, 3.8) is 0 Å². The van der Waals surface area contributed by atoms with Crippen molar-refractivity contribution < 1.29 is 4.79 Å². The van der Waals surface area contributed by atoms with Crippen LogP contribution in [0.4, 0.5) is 0 Å². The Balaban J connectivity index is 2.39. The van der Waals surface area contributed by atoms with Crippen LogP contribution in [0.2, 0.25) is 0 Å². The second-order valence-electron chi connectivity index (χ2n) is 3.31. The summed E-state index contributed by atoms with van der Waals surface area (Å²) in [6, 6.07) is 0.432. The van der Waals surface area contributed by atoms with Crippen molar-refractivity contribution in [3.8, 4) is 0 Å². The van der Waals surface area contributed by atoms with E-state index in [0.29, 0.717) is 12.0 Å². The van der Waals surface area contributed by atoms with Gasteiger partial charge in [0.15, 0.2) is 0 Å². The van der Waals surface area contributed by atoms with E-state index in [0.717, 1.165) is 19.3 Å². The summed E-state index contributed by atoms with van der Waals surface area (Å²) in [5, 5.41) is 2.98. The Kier molecular flexibility index (Phi) is 2.30. The monoisotopic (exact) mass is 141 g/mol. The summed E-state index contributed by atoms with van der Waals surface area (Å²) in [6.07, 6.45) is 2.95. The highest BCUT2D eigenvalue weighted by Gasteiger charge is 2.19. The van der Waals surface area contributed by atoms with E-state index in [1.165, 1.54) is 0 Å². The number of amides is 1. The summed E-state index contributed by atoms with van der Waals surface area (Å²) < 4.78 is 0. The zero-order valence-corrected chi connectivity index (χ0v) is 6.68. The normalized spacial score (nSPS) is 26.7. The maximum atomic E-state index is 10.9. The molecule has 1 amide bonds. The van der Waals surface area contributed by atoms with Gasteiger partial charge < -0.3 is 5.32 Å². The molecule has 1 fully saturated rings. The molecule has 1 aliphatic heterocycles. The average Bonchev–Trinajstić information content (AvgIpc) is 1.88. The van der Waals surface area contributed by atoms with Gasteiger partial charge in [0.25, 0.3) is 0 Å². The number of carbonyl (C=O) groups is 1. The molecule has 1 rings (SSSR count). The van der Waals surface area contributed by atoms with Gasteiger partial charge in [0.2, 0.25) is 5.91 Å². The maximum Gasteiger partial charge on any atom is 0.220 e. The van der Waals surface area contributed by atoms with Gasteiger partial charge in [-0.3, -0.25) is 4.79 Å². The first-order valence-corrected chi connectivity index (χ1v) is 3.99. The van der Waals surface area contributed by atoms with E-state index in [2.05, 4.69) is 19.2 Å². The summed E-state index contributed by atoms with van der Waals surface area (Å²) in [4.78, 5) is 10.9. The summed E-state index contributed by atoms with van der Waals surface area (Å²) in [6.45, 7) is 4.30. The third-order valence-electron chi connectivity index (χ3n) is 2.07. The molecule has 1 heterocycles. The fourth-order valence-electron chi connectivity index (χ4n) is 1.33. The van der Waals surface area contributed by atoms with Crippen LogP contribution in [-0.4, -0.2) is 11.9 Å². The predicted octanol–water partition coefficient (Wildman–Crippen LogP) is 1.31. The molecule has 58 valence electrons. The molecule has 0 unspecified atom stereocenters. The standard InChI is InChI=1S/C8H15NO/c1-6(2)7-4-3-5-8(10)9-7/h6-7H,3-5H2,1-2H3,(H,9,10)/t7-/m1/s1. The Labute approximate surface area is 62.0 Å². The fraction of sp³-hybridized carbons (Fsp3) is 0.875. The average molecular weight is 141 g/mol. The third kappa shape index (κ3) is 1.72. The SMILES string of the molecule is CC(C)[C@H]1CCCC(=O)N1. The molecule has 1 N–H and O–H groups in total. The van der Waals surface area contributed by atoms with E-state index in [4.69, 9.17) is 0 Å². The van der Waals surface area contributed by atoms with Gasteiger partial charge in [-0.2, -0.15) is 0 Å². The van der Waals surface area contributed by atoms with Crippen LogP contribution in [-0.2, 0) is 4.79 Å². The molecule has 2 heteroatoms. The van der Waals surface area contributed by atoms with Crippen molar-refractivity contribution in [3.05, 3.63) is 0 Å². The van der Waals surface area contributed by atoms with Crippen LogP contribution in [0.5, 0.6) is 0 Å². The number of rotatable bonds is 1.